The first kappa shape index (κ1) is 14.8. The van der Waals surface area contributed by atoms with Crippen molar-refractivity contribution in [2.75, 3.05) is 6.61 Å². The maximum atomic E-state index is 12.1. The molecule has 1 unspecified atom stereocenters. The molecule has 0 aromatic rings. The summed E-state index contributed by atoms with van der Waals surface area (Å²) in [7, 11) is 0. The van der Waals surface area contributed by atoms with Crippen LogP contribution in [0.5, 0.6) is 0 Å². The van der Waals surface area contributed by atoms with Crippen LogP contribution in [0, 0.1) is 17.3 Å². The minimum Gasteiger partial charge on any atom is -0.457 e. The third-order valence-corrected chi connectivity index (χ3v) is 9.03. The molecule has 4 heterocycles. The largest absolute Gasteiger partial charge is 0.457 e. The van der Waals surface area contributed by atoms with Crippen LogP contribution in [0.4, 0.5) is 0 Å². The Balaban J connectivity index is 1.43. The van der Waals surface area contributed by atoms with Gasteiger partial charge < -0.3 is 18.9 Å². The Hall–Kier alpha value is -1.17. The van der Waals surface area contributed by atoms with Gasteiger partial charge in [0.25, 0.3) is 0 Å². The monoisotopic (exact) mass is 356 g/mol. The van der Waals surface area contributed by atoms with Crippen LogP contribution in [0.25, 0.3) is 0 Å². The van der Waals surface area contributed by atoms with Gasteiger partial charge >= 0.3 is 5.97 Å². The van der Waals surface area contributed by atoms with Crippen molar-refractivity contribution in [1.82, 2.24) is 0 Å². The molecule has 3 saturated heterocycles. The highest BCUT2D eigenvalue weighted by molar-refractivity contribution is 5.94. The van der Waals surface area contributed by atoms with Crippen molar-refractivity contribution in [3.05, 3.63) is 22.8 Å². The van der Waals surface area contributed by atoms with Gasteiger partial charge in [-0.1, -0.05) is 27.7 Å². The topological polar surface area (TPSA) is 63.9 Å². The number of esters is 1. The van der Waals surface area contributed by atoms with Crippen LogP contribution in [-0.2, 0) is 23.7 Å². The molecular formula is C21H24O5. The Kier molecular flexibility index (Phi) is 2.12. The Morgan fingerprint density at radius 1 is 1.15 bits per heavy atom. The highest BCUT2D eigenvalue weighted by Gasteiger charge is 2.98. The second-order valence-corrected chi connectivity index (χ2v) is 9.82. The molecule has 1 saturated carbocycles. The van der Waals surface area contributed by atoms with Gasteiger partial charge in [-0.2, -0.15) is 0 Å². The lowest BCUT2D eigenvalue weighted by molar-refractivity contribution is -0.136. The van der Waals surface area contributed by atoms with Crippen molar-refractivity contribution in [2.24, 2.45) is 17.3 Å². The molecule has 7 rings (SSSR count). The number of ether oxygens (including phenoxy) is 4. The molecule has 0 aromatic carbocycles. The van der Waals surface area contributed by atoms with E-state index < -0.39 is 0 Å². The van der Waals surface area contributed by atoms with E-state index in [0.717, 1.165) is 24.0 Å². The summed E-state index contributed by atoms with van der Waals surface area (Å²) in [6, 6.07) is 0. The molecule has 0 N–H and O–H groups in total. The molecule has 4 aliphatic heterocycles. The lowest BCUT2D eigenvalue weighted by atomic mass is 9.48. The van der Waals surface area contributed by atoms with Gasteiger partial charge in [-0.15, -0.1) is 0 Å². The minimum atomic E-state index is -0.308. The number of rotatable bonds is 1. The zero-order chi connectivity index (χ0) is 17.9. The van der Waals surface area contributed by atoms with Gasteiger partial charge in [0.15, 0.2) is 0 Å². The first-order valence-corrected chi connectivity index (χ1v) is 10.00. The predicted molar refractivity (Wildman–Crippen MR) is 90.2 cm³/mol. The van der Waals surface area contributed by atoms with Gasteiger partial charge in [-0.05, 0) is 30.4 Å². The van der Waals surface area contributed by atoms with Crippen molar-refractivity contribution >= 4 is 5.97 Å². The molecule has 5 heteroatoms. The number of hydrogen-bond acceptors (Lipinski definition) is 5. The summed E-state index contributed by atoms with van der Waals surface area (Å²) < 4.78 is 24.9. The number of carbonyl (C=O) groups is 1. The summed E-state index contributed by atoms with van der Waals surface area (Å²) in [5, 5.41) is 0. The van der Waals surface area contributed by atoms with Gasteiger partial charge in [-0.25, -0.2) is 4.79 Å². The fraction of sp³-hybridized carbons (Fsp3) is 0.762. The average molecular weight is 356 g/mol. The summed E-state index contributed by atoms with van der Waals surface area (Å²) in [5.74, 6) is 0.613. The number of hydrogen-bond donors (Lipinski definition) is 0. The Morgan fingerprint density at radius 2 is 1.96 bits per heavy atom. The van der Waals surface area contributed by atoms with Crippen molar-refractivity contribution in [1.29, 1.82) is 0 Å². The molecule has 0 amide bonds. The highest BCUT2D eigenvalue weighted by Crippen LogP contribution is 2.83. The Labute approximate surface area is 152 Å². The molecule has 3 aliphatic carbocycles. The van der Waals surface area contributed by atoms with Crippen LogP contribution < -0.4 is 0 Å². The lowest BCUT2D eigenvalue weighted by Gasteiger charge is -2.50. The fourth-order valence-electron chi connectivity index (χ4n) is 7.66. The molecular weight excluding hydrogens is 332 g/mol. The smallest absolute Gasteiger partial charge is 0.334 e. The number of cyclic esters (lactones) is 1. The van der Waals surface area contributed by atoms with Crippen LogP contribution in [-0.4, -0.2) is 47.7 Å². The summed E-state index contributed by atoms with van der Waals surface area (Å²) in [4.78, 5) is 12.1. The number of carbonyl (C=O) groups excluding carboxylic acids is 1. The summed E-state index contributed by atoms with van der Waals surface area (Å²) in [6.45, 7) is 9.54. The first-order chi connectivity index (χ1) is 12.3. The Morgan fingerprint density at radius 3 is 2.73 bits per heavy atom. The maximum Gasteiger partial charge on any atom is 0.334 e. The van der Waals surface area contributed by atoms with Crippen LogP contribution in [0.1, 0.15) is 40.5 Å². The van der Waals surface area contributed by atoms with Gasteiger partial charge in [0, 0.05) is 22.5 Å². The van der Waals surface area contributed by atoms with Crippen LogP contribution in [0.15, 0.2) is 22.8 Å². The maximum absolute atomic E-state index is 12.1. The molecule has 138 valence electrons. The second-order valence-electron chi connectivity index (χ2n) is 9.82. The summed E-state index contributed by atoms with van der Waals surface area (Å²) in [5.41, 5.74) is 2.40. The van der Waals surface area contributed by atoms with Gasteiger partial charge in [0.1, 0.15) is 41.7 Å². The van der Waals surface area contributed by atoms with Crippen molar-refractivity contribution in [3.63, 3.8) is 0 Å². The van der Waals surface area contributed by atoms with E-state index in [1.165, 1.54) is 5.57 Å². The van der Waals surface area contributed by atoms with E-state index in [2.05, 4.69) is 33.8 Å². The molecule has 0 radical (unpaired) electrons. The molecule has 4 fully saturated rings. The summed E-state index contributed by atoms with van der Waals surface area (Å²) in [6.07, 6.45) is 4.33. The first-order valence-electron chi connectivity index (χ1n) is 10.00. The van der Waals surface area contributed by atoms with Crippen molar-refractivity contribution < 1.29 is 23.7 Å². The van der Waals surface area contributed by atoms with E-state index in [4.69, 9.17) is 18.9 Å². The molecule has 26 heavy (non-hydrogen) atoms. The predicted octanol–water partition coefficient (Wildman–Crippen LogP) is 2.30. The van der Waals surface area contributed by atoms with Gasteiger partial charge in [0.05, 0.1) is 0 Å². The van der Waals surface area contributed by atoms with E-state index in [-0.39, 0.29) is 46.5 Å². The van der Waals surface area contributed by atoms with E-state index >= 15 is 0 Å². The molecule has 0 aromatic heterocycles. The molecule has 8 atom stereocenters. The molecule has 2 spiro atoms. The van der Waals surface area contributed by atoms with Crippen molar-refractivity contribution in [3.8, 4) is 0 Å². The van der Waals surface area contributed by atoms with Crippen molar-refractivity contribution in [2.45, 2.75) is 75.7 Å². The average Bonchev–Trinajstić information content (AvgIpc) is 3.47. The third-order valence-electron chi connectivity index (χ3n) is 9.03. The number of fused-ring (bicyclic) bond motifs is 4. The minimum absolute atomic E-state index is 0.0638. The quantitative estimate of drug-likeness (QED) is 0.533. The zero-order valence-corrected chi connectivity index (χ0v) is 15.6. The van der Waals surface area contributed by atoms with E-state index in [9.17, 15) is 4.79 Å². The van der Waals surface area contributed by atoms with Crippen LogP contribution in [0.2, 0.25) is 0 Å². The van der Waals surface area contributed by atoms with Crippen LogP contribution in [0.3, 0.4) is 0 Å². The fourth-order valence-corrected chi connectivity index (χ4v) is 7.66. The summed E-state index contributed by atoms with van der Waals surface area (Å²) >= 11 is 0. The number of epoxide rings is 3. The SMILES string of the molecule is CC(C)[C@]12O[C@H]1[C@@H]1O[C@@]13[C@@]1(C)CCC4=C(COC4=O)C1=C[C@@H]1O[C@@]13C2C. The highest BCUT2D eigenvalue weighted by atomic mass is 16.7. The van der Waals surface area contributed by atoms with Crippen LogP contribution >= 0.6 is 0 Å². The van der Waals surface area contributed by atoms with E-state index in [1.807, 2.05) is 0 Å². The Bertz CT molecular complexity index is 872. The third kappa shape index (κ3) is 1.11. The van der Waals surface area contributed by atoms with Gasteiger partial charge in [-0.3, -0.25) is 0 Å². The lowest BCUT2D eigenvalue weighted by Crippen LogP contribution is -2.64. The normalized spacial score (nSPS) is 60.0. The standard InChI is InChI=1S/C21H24O5/c1-9(2)19-10(3)20-14(24-20)7-13-12-8-23-17(22)11(12)5-6-18(13,4)21(20)16(26-21)15(19)25-19/h7,9-10,14-16H,5-6,8H2,1-4H3/t10?,14-,15-,16-,18-,19+,20-,21+/m0/s1. The van der Waals surface area contributed by atoms with E-state index in [1.54, 1.807) is 0 Å². The molecule has 7 aliphatic rings. The molecule has 0 bridgehead atoms. The second kappa shape index (κ2) is 3.71. The zero-order valence-electron chi connectivity index (χ0n) is 15.6. The molecule has 5 nitrogen and oxygen atoms in total. The van der Waals surface area contributed by atoms with E-state index in [0.29, 0.717) is 18.4 Å². The van der Waals surface area contributed by atoms with Gasteiger partial charge in [0.2, 0.25) is 0 Å².